The Hall–Kier alpha value is -2.95. The summed E-state index contributed by atoms with van der Waals surface area (Å²) >= 11 is 0. The van der Waals surface area contributed by atoms with Gasteiger partial charge in [0.1, 0.15) is 28.6 Å². The molecule has 0 saturated heterocycles. The smallest absolute Gasteiger partial charge is 0.204 e. The number of benzene rings is 2. The predicted octanol–water partition coefficient (Wildman–Crippen LogP) is 4.92. The van der Waals surface area contributed by atoms with Gasteiger partial charge in [0.15, 0.2) is 11.3 Å². The molecule has 146 valence electrons. The second-order valence-electron chi connectivity index (χ2n) is 8.29. The molecule has 3 aromatic rings. The maximum absolute atomic E-state index is 13.3. The first-order valence-electron chi connectivity index (χ1n) is 9.41. The van der Waals surface area contributed by atoms with Gasteiger partial charge >= 0.3 is 0 Å². The van der Waals surface area contributed by atoms with E-state index in [-0.39, 0.29) is 45.0 Å². The van der Waals surface area contributed by atoms with Crippen molar-refractivity contribution >= 4 is 21.9 Å². The summed E-state index contributed by atoms with van der Waals surface area (Å²) in [7, 11) is 0. The second-order valence-corrected chi connectivity index (χ2v) is 8.29. The molecule has 1 aromatic heterocycles. The summed E-state index contributed by atoms with van der Waals surface area (Å²) in [5, 5.41) is 21.7. The molecule has 2 heterocycles. The van der Waals surface area contributed by atoms with Gasteiger partial charge in [-0.25, -0.2) is 0 Å². The van der Waals surface area contributed by atoms with E-state index in [4.69, 9.17) is 9.15 Å². The minimum atomic E-state index is -0.435. The summed E-state index contributed by atoms with van der Waals surface area (Å²) in [6, 6.07) is 4.65. The summed E-state index contributed by atoms with van der Waals surface area (Å²) in [5.74, 6) is 0.344. The van der Waals surface area contributed by atoms with Crippen molar-refractivity contribution in [2.45, 2.75) is 52.6 Å². The Morgan fingerprint density at radius 3 is 2.61 bits per heavy atom. The Morgan fingerprint density at radius 1 is 1.21 bits per heavy atom. The van der Waals surface area contributed by atoms with Crippen LogP contribution in [0.15, 0.2) is 39.1 Å². The van der Waals surface area contributed by atoms with E-state index in [1.54, 1.807) is 12.1 Å². The van der Waals surface area contributed by atoms with Gasteiger partial charge in [-0.15, -0.1) is 0 Å². The summed E-state index contributed by atoms with van der Waals surface area (Å²) in [6.07, 6.45) is 2.28. The highest BCUT2D eigenvalue weighted by Crippen LogP contribution is 2.52. The number of ether oxygens (including phenoxy) is 1. The Bertz CT molecular complexity index is 1210. The molecule has 0 bridgehead atoms. The van der Waals surface area contributed by atoms with Crippen molar-refractivity contribution in [2.75, 3.05) is 0 Å². The number of fused-ring (bicyclic) bond motifs is 4. The van der Waals surface area contributed by atoms with Crippen molar-refractivity contribution in [3.8, 4) is 17.2 Å². The molecular weight excluding hydrogens is 356 g/mol. The molecule has 0 radical (unpaired) electrons. The van der Waals surface area contributed by atoms with Crippen LogP contribution in [0.2, 0.25) is 0 Å². The highest BCUT2D eigenvalue weighted by atomic mass is 16.5. The first-order valence-corrected chi connectivity index (χ1v) is 9.41. The molecule has 28 heavy (non-hydrogen) atoms. The summed E-state index contributed by atoms with van der Waals surface area (Å²) in [4.78, 5) is 13.3. The molecule has 0 saturated carbocycles. The van der Waals surface area contributed by atoms with Gasteiger partial charge in [-0.05, 0) is 39.3 Å². The maximum Gasteiger partial charge on any atom is 0.204 e. The average Bonchev–Trinajstić information content (AvgIpc) is 2.85. The van der Waals surface area contributed by atoms with E-state index in [0.29, 0.717) is 17.7 Å². The van der Waals surface area contributed by atoms with Crippen LogP contribution in [0.1, 0.15) is 45.7 Å². The molecule has 2 N–H and O–H groups in total. The van der Waals surface area contributed by atoms with E-state index in [0.717, 1.165) is 11.1 Å². The lowest BCUT2D eigenvalue weighted by molar-refractivity contribution is 0.184. The Kier molecular flexibility index (Phi) is 3.96. The van der Waals surface area contributed by atoms with E-state index < -0.39 is 5.41 Å². The lowest BCUT2D eigenvalue weighted by Crippen LogP contribution is -2.29. The van der Waals surface area contributed by atoms with Crippen LogP contribution in [0.5, 0.6) is 17.2 Å². The van der Waals surface area contributed by atoms with Crippen LogP contribution in [0.4, 0.5) is 0 Å². The second kappa shape index (κ2) is 6.03. The quantitative estimate of drug-likeness (QED) is 0.487. The van der Waals surface area contributed by atoms with Gasteiger partial charge in [0.2, 0.25) is 5.43 Å². The molecular formula is C23H24O5. The molecule has 2 aromatic carbocycles. The van der Waals surface area contributed by atoms with Crippen molar-refractivity contribution in [3.05, 3.63) is 51.2 Å². The third-order valence-electron chi connectivity index (χ3n) is 5.82. The molecule has 1 atom stereocenters. The zero-order valence-corrected chi connectivity index (χ0v) is 16.7. The Balaban J connectivity index is 2.23. The number of phenols is 2. The van der Waals surface area contributed by atoms with Crippen LogP contribution in [-0.2, 0) is 11.8 Å². The topological polar surface area (TPSA) is 79.9 Å². The van der Waals surface area contributed by atoms with Crippen molar-refractivity contribution in [1.29, 1.82) is 0 Å². The van der Waals surface area contributed by atoms with Gasteiger partial charge in [0.25, 0.3) is 0 Å². The fourth-order valence-electron chi connectivity index (χ4n) is 3.84. The van der Waals surface area contributed by atoms with E-state index in [1.165, 1.54) is 6.07 Å². The van der Waals surface area contributed by atoms with Crippen LogP contribution in [0, 0.1) is 0 Å². The van der Waals surface area contributed by atoms with Gasteiger partial charge < -0.3 is 19.4 Å². The third kappa shape index (κ3) is 2.42. The number of phenolic OH excluding ortho intramolecular Hbond substituents is 2. The van der Waals surface area contributed by atoms with Crippen LogP contribution in [-0.4, -0.2) is 16.3 Å². The molecule has 0 spiro atoms. The monoisotopic (exact) mass is 380 g/mol. The Labute approximate surface area is 162 Å². The zero-order chi connectivity index (χ0) is 20.4. The minimum absolute atomic E-state index is 0.108. The lowest BCUT2D eigenvalue weighted by atomic mass is 9.79. The van der Waals surface area contributed by atoms with Gasteiger partial charge in [-0.3, -0.25) is 4.79 Å². The number of rotatable bonds is 2. The fourth-order valence-corrected chi connectivity index (χ4v) is 3.84. The maximum atomic E-state index is 13.3. The van der Waals surface area contributed by atoms with Crippen molar-refractivity contribution in [3.63, 3.8) is 0 Å². The molecule has 5 nitrogen and oxygen atoms in total. The van der Waals surface area contributed by atoms with Crippen LogP contribution >= 0.6 is 0 Å². The van der Waals surface area contributed by atoms with E-state index in [2.05, 4.69) is 0 Å². The number of para-hydroxylation sites is 1. The SMILES string of the molecule is CC(C)=CCc1c2c(c3oc4c(O)cccc4c(=O)c3c1O)C(C)(C)[C@H](C)O2. The largest absolute Gasteiger partial charge is 0.507 e. The summed E-state index contributed by atoms with van der Waals surface area (Å²) < 4.78 is 12.2. The number of aromatic hydroxyl groups is 2. The zero-order valence-electron chi connectivity index (χ0n) is 16.7. The van der Waals surface area contributed by atoms with Gasteiger partial charge in [-0.2, -0.15) is 0 Å². The first-order chi connectivity index (χ1) is 13.1. The average molecular weight is 380 g/mol. The van der Waals surface area contributed by atoms with E-state index >= 15 is 0 Å². The molecule has 0 aliphatic carbocycles. The molecule has 0 fully saturated rings. The molecule has 1 aliphatic heterocycles. The predicted molar refractivity (Wildman–Crippen MR) is 110 cm³/mol. The van der Waals surface area contributed by atoms with Crippen molar-refractivity contribution in [2.24, 2.45) is 0 Å². The minimum Gasteiger partial charge on any atom is -0.507 e. The van der Waals surface area contributed by atoms with Crippen LogP contribution < -0.4 is 10.2 Å². The highest BCUT2D eigenvalue weighted by molar-refractivity contribution is 5.99. The molecule has 0 unspecified atom stereocenters. The van der Waals surface area contributed by atoms with Crippen molar-refractivity contribution in [1.82, 2.24) is 0 Å². The molecule has 1 aliphatic rings. The first kappa shape index (κ1) is 18.4. The fraction of sp³-hybridized carbons (Fsp3) is 0.348. The molecule has 4 rings (SSSR count). The van der Waals surface area contributed by atoms with E-state index in [1.807, 2.05) is 40.7 Å². The molecule has 5 heteroatoms. The van der Waals surface area contributed by atoms with Crippen LogP contribution in [0.3, 0.4) is 0 Å². The summed E-state index contributed by atoms with van der Waals surface area (Å²) in [5.41, 5.74) is 2.06. The summed E-state index contributed by atoms with van der Waals surface area (Å²) in [6.45, 7) is 9.98. The molecule has 0 amide bonds. The highest BCUT2D eigenvalue weighted by Gasteiger charge is 2.44. The van der Waals surface area contributed by atoms with Crippen molar-refractivity contribution < 1.29 is 19.4 Å². The third-order valence-corrected chi connectivity index (χ3v) is 5.82. The number of hydrogen-bond donors (Lipinski definition) is 2. The van der Waals surface area contributed by atoms with E-state index in [9.17, 15) is 15.0 Å². The Morgan fingerprint density at radius 2 is 1.93 bits per heavy atom. The standard InChI is InChI=1S/C23H24O5/c1-11(2)9-10-14-19(26)16-18(25)13-7-6-8-15(24)20(13)28-22(16)17-21(14)27-12(3)23(17,4)5/h6-9,12,24,26H,10H2,1-5H3/t12-/m0/s1. The lowest BCUT2D eigenvalue weighted by Gasteiger charge is -2.22. The number of allylic oxidation sites excluding steroid dienone is 2. The number of hydrogen-bond acceptors (Lipinski definition) is 5. The van der Waals surface area contributed by atoms with Gasteiger partial charge in [0.05, 0.1) is 5.39 Å². The van der Waals surface area contributed by atoms with Crippen LogP contribution in [0.25, 0.3) is 21.9 Å². The van der Waals surface area contributed by atoms with Gasteiger partial charge in [-0.1, -0.05) is 31.6 Å². The normalized spacial score (nSPS) is 17.5. The van der Waals surface area contributed by atoms with Gasteiger partial charge in [0, 0.05) is 16.5 Å².